The molecule has 1 unspecified atom stereocenters. The van der Waals surface area contributed by atoms with Crippen LogP contribution in [0.4, 0.5) is 4.39 Å². The van der Waals surface area contributed by atoms with Crippen molar-refractivity contribution in [1.29, 1.82) is 0 Å². The van der Waals surface area contributed by atoms with Crippen LogP contribution in [0.15, 0.2) is 48.5 Å². The molecule has 0 spiro atoms. The maximum Gasteiger partial charge on any atom is 0.338 e. The van der Waals surface area contributed by atoms with Crippen LogP contribution in [0.2, 0.25) is 0 Å². The van der Waals surface area contributed by atoms with Crippen LogP contribution in [-0.4, -0.2) is 24.5 Å². The summed E-state index contributed by atoms with van der Waals surface area (Å²) in [6, 6.07) is 11.9. The summed E-state index contributed by atoms with van der Waals surface area (Å²) >= 11 is 0. The van der Waals surface area contributed by atoms with E-state index < -0.39 is 12.1 Å². The smallest absolute Gasteiger partial charge is 0.338 e. The zero-order valence-electron chi connectivity index (χ0n) is 13.4. The predicted octanol–water partition coefficient (Wildman–Crippen LogP) is 3.30. The summed E-state index contributed by atoms with van der Waals surface area (Å²) in [5, 5.41) is 2.58. The van der Waals surface area contributed by atoms with E-state index in [-0.39, 0.29) is 11.7 Å². The minimum absolute atomic E-state index is 0.303. The van der Waals surface area contributed by atoms with Gasteiger partial charge in [-0.1, -0.05) is 0 Å². The quantitative estimate of drug-likeness (QED) is 0.825. The summed E-state index contributed by atoms with van der Waals surface area (Å²) < 4.78 is 23.5. The van der Waals surface area contributed by atoms with Crippen molar-refractivity contribution in [3.05, 3.63) is 59.9 Å². The number of amides is 1. The van der Waals surface area contributed by atoms with Crippen molar-refractivity contribution >= 4 is 11.9 Å². The predicted molar refractivity (Wildman–Crippen MR) is 86.5 cm³/mol. The molecule has 0 aliphatic rings. The molecule has 1 N–H and O–H groups in total. The van der Waals surface area contributed by atoms with E-state index in [1.165, 1.54) is 43.3 Å². The fraction of sp³-hybridized carbons (Fsp3) is 0.222. The van der Waals surface area contributed by atoms with Crippen LogP contribution in [0.5, 0.6) is 11.5 Å². The number of ether oxygens (including phenoxy) is 2. The maximum absolute atomic E-state index is 12.8. The van der Waals surface area contributed by atoms with Crippen molar-refractivity contribution in [2.45, 2.75) is 20.0 Å². The Morgan fingerprint density at radius 2 is 1.58 bits per heavy atom. The second-order valence-corrected chi connectivity index (χ2v) is 5.02. The lowest BCUT2D eigenvalue weighted by Crippen LogP contribution is -2.35. The Labute approximate surface area is 139 Å². The number of likely N-dealkylation sites (N-methyl/N-ethyl adjacent to an activating group) is 1. The highest BCUT2D eigenvalue weighted by Gasteiger charge is 2.18. The minimum Gasteiger partial charge on any atom is -0.457 e. The first kappa shape index (κ1) is 17.5. The molecule has 0 saturated carbocycles. The zero-order chi connectivity index (χ0) is 17.5. The highest BCUT2D eigenvalue weighted by molar-refractivity contribution is 5.92. The van der Waals surface area contributed by atoms with Gasteiger partial charge in [0.25, 0.3) is 5.91 Å². The summed E-state index contributed by atoms with van der Waals surface area (Å²) in [4.78, 5) is 23.5. The van der Waals surface area contributed by atoms with Crippen molar-refractivity contribution in [3.8, 4) is 11.5 Å². The van der Waals surface area contributed by atoms with Crippen molar-refractivity contribution in [2.24, 2.45) is 0 Å². The van der Waals surface area contributed by atoms with E-state index in [2.05, 4.69) is 5.32 Å². The van der Waals surface area contributed by atoms with Crippen LogP contribution in [0.25, 0.3) is 0 Å². The van der Waals surface area contributed by atoms with E-state index in [0.717, 1.165) is 0 Å². The SMILES string of the molecule is CCNC(=O)C(C)OC(=O)c1ccc(Oc2ccc(F)cc2)cc1. The third kappa shape index (κ3) is 4.81. The number of hydrogen-bond acceptors (Lipinski definition) is 4. The maximum atomic E-state index is 12.8. The van der Waals surface area contributed by atoms with Gasteiger partial charge in [-0.05, 0) is 62.4 Å². The number of halogens is 1. The van der Waals surface area contributed by atoms with Gasteiger partial charge < -0.3 is 14.8 Å². The van der Waals surface area contributed by atoms with Crippen LogP contribution in [-0.2, 0) is 9.53 Å². The van der Waals surface area contributed by atoms with Gasteiger partial charge in [-0.25, -0.2) is 9.18 Å². The van der Waals surface area contributed by atoms with E-state index in [1.807, 2.05) is 0 Å². The molecule has 0 aromatic heterocycles. The molecule has 0 saturated heterocycles. The third-order valence-corrected chi connectivity index (χ3v) is 3.14. The fourth-order valence-corrected chi connectivity index (χ4v) is 1.90. The molecule has 0 fully saturated rings. The third-order valence-electron chi connectivity index (χ3n) is 3.14. The number of benzene rings is 2. The summed E-state index contributed by atoms with van der Waals surface area (Å²) in [6.07, 6.45) is -0.868. The largest absolute Gasteiger partial charge is 0.457 e. The number of carbonyl (C=O) groups is 2. The Morgan fingerprint density at radius 3 is 2.12 bits per heavy atom. The van der Waals surface area contributed by atoms with Crippen LogP contribution >= 0.6 is 0 Å². The van der Waals surface area contributed by atoms with Gasteiger partial charge in [0.05, 0.1) is 5.56 Å². The molecule has 1 amide bonds. The lowest BCUT2D eigenvalue weighted by Gasteiger charge is -2.13. The molecule has 6 heteroatoms. The Balaban J connectivity index is 1.97. The molecule has 0 radical (unpaired) electrons. The summed E-state index contributed by atoms with van der Waals surface area (Å²) in [5.74, 6) is -0.308. The molecule has 0 aliphatic heterocycles. The van der Waals surface area contributed by atoms with Gasteiger partial charge in [-0.3, -0.25) is 4.79 Å². The van der Waals surface area contributed by atoms with E-state index in [1.54, 1.807) is 19.1 Å². The average Bonchev–Trinajstić information content (AvgIpc) is 2.57. The van der Waals surface area contributed by atoms with E-state index in [0.29, 0.717) is 23.6 Å². The Hall–Kier alpha value is -2.89. The number of hydrogen-bond donors (Lipinski definition) is 1. The molecule has 0 bridgehead atoms. The van der Waals surface area contributed by atoms with Crippen molar-refractivity contribution < 1.29 is 23.5 Å². The molecule has 0 aliphatic carbocycles. The molecular formula is C18H18FNO4. The average molecular weight is 331 g/mol. The van der Waals surface area contributed by atoms with Gasteiger partial charge >= 0.3 is 5.97 Å². The van der Waals surface area contributed by atoms with Crippen LogP contribution in [0, 0.1) is 5.82 Å². The Kier molecular flexibility index (Phi) is 5.89. The van der Waals surface area contributed by atoms with Gasteiger partial charge in [0, 0.05) is 6.54 Å². The van der Waals surface area contributed by atoms with Crippen molar-refractivity contribution in [1.82, 2.24) is 5.32 Å². The highest BCUT2D eigenvalue weighted by Crippen LogP contribution is 2.22. The molecule has 2 aromatic carbocycles. The zero-order valence-corrected chi connectivity index (χ0v) is 13.4. The molecule has 2 aromatic rings. The Bertz CT molecular complexity index is 698. The second kappa shape index (κ2) is 8.10. The lowest BCUT2D eigenvalue weighted by atomic mass is 10.2. The van der Waals surface area contributed by atoms with Gasteiger partial charge in [0.2, 0.25) is 0 Å². The normalized spacial score (nSPS) is 11.5. The molecular weight excluding hydrogens is 313 g/mol. The topological polar surface area (TPSA) is 64.6 Å². The number of nitrogens with one attached hydrogen (secondary N) is 1. The lowest BCUT2D eigenvalue weighted by molar-refractivity contribution is -0.128. The van der Waals surface area contributed by atoms with E-state index in [9.17, 15) is 14.0 Å². The van der Waals surface area contributed by atoms with Gasteiger partial charge in [0.1, 0.15) is 17.3 Å². The first-order valence-electron chi connectivity index (χ1n) is 7.51. The standard InChI is InChI=1S/C18H18FNO4/c1-3-20-17(21)12(2)23-18(22)13-4-8-15(9-5-13)24-16-10-6-14(19)7-11-16/h4-12H,3H2,1-2H3,(H,20,21). The summed E-state index contributed by atoms with van der Waals surface area (Å²) in [5.41, 5.74) is 0.303. The first-order chi connectivity index (χ1) is 11.5. The molecule has 0 heterocycles. The number of rotatable bonds is 6. The van der Waals surface area contributed by atoms with Crippen molar-refractivity contribution in [2.75, 3.05) is 6.54 Å². The molecule has 2 rings (SSSR count). The van der Waals surface area contributed by atoms with Crippen LogP contribution < -0.4 is 10.1 Å². The molecule has 24 heavy (non-hydrogen) atoms. The van der Waals surface area contributed by atoms with Crippen molar-refractivity contribution in [3.63, 3.8) is 0 Å². The van der Waals surface area contributed by atoms with Gasteiger partial charge in [-0.15, -0.1) is 0 Å². The fourth-order valence-electron chi connectivity index (χ4n) is 1.90. The minimum atomic E-state index is -0.868. The van der Waals surface area contributed by atoms with E-state index in [4.69, 9.17) is 9.47 Å². The van der Waals surface area contributed by atoms with Crippen LogP contribution in [0.3, 0.4) is 0 Å². The van der Waals surface area contributed by atoms with Crippen LogP contribution in [0.1, 0.15) is 24.2 Å². The highest BCUT2D eigenvalue weighted by atomic mass is 19.1. The monoisotopic (exact) mass is 331 g/mol. The molecule has 1 atom stereocenters. The van der Waals surface area contributed by atoms with E-state index >= 15 is 0 Å². The molecule has 126 valence electrons. The second-order valence-electron chi connectivity index (χ2n) is 5.02. The summed E-state index contributed by atoms with van der Waals surface area (Å²) in [7, 11) is 0. The van der Waals surface area contributed by atoms with Gasteiger partial charge in [0.15, 0.2) is 6.10 Å². The number of esters is 1. The van der Waals surface area contributed by atoms with Gasteiger partial charge in [-0.2, -0.15) is 0 Å². The molecule has 5 nitrogen and oxygen atoms in total. The number of carbonyl (C=O) groups excluding carboxylic acids is 2. The summed E-state index contributed by atoms with van der Waals surface area (Å²) in [6.45, 7) is 3.76. The first-order valence-corrected chi connectivity index (χ1v) is 7.51. The Morgan fingerprint density at radius 1 is 1.04 bits per heavy atom.